The van der Waals surface area contributed by atoms with E-state index in [2.05, 4.69) is 20.8 Å². The molecule has 2 aromatic carbocycles. The zero-order valence-electron chi connectivity index (χ0n) is 20.1. The molecule has 1 N–H and O–H groups in total. The first-order valence-electron chi connectivity index (χ1n) is 12.0. The Hall–Kier alpha value is -2.68. The fraction of sp³-hybridized carbons (Fsp3) is 0.407. The Bertz CT molecular complexity index is 1080. The van der Waals surface area contributed by atoms with Gasteiger partial charge in [0.05, 0.1) is 30.9 Å². The van der Waals surface area contributed by atoms with Crippen molar-refractivity contribution >= 4 is 33.4 Å². The van der Waals surface area contributed by atoms with Gasteiger partial charge in [-0.15, -0.1) is 0 Å². The zero-order chi connectivity index (χ0) is 24.9. The van der Waals surface area contributed by atoms with Crippen LogP contribution in [0.4, 0.5) is 0 Å². The van der Waals surface area contributed by atoms with Crippen LogP contribution < -0.4 is 4.74 Å². The van der Waals surface area contributed by atoms with Gasteiger partial charge in [0.2, 0.25) is 0 Å². The molecule has 35 heavy (non-hydrogen) atoms. The van der Waals surface area contributed by atoms with Crippen molar-refractivity contribution in [3.63, 3.8) is 0 Å². The Morgan fingerprint density at radius 3 is 2.34 bits per heavy atom. The van der Waals surface area contributed by atoms with Crippen LogP contribution in [0.15, 0.2) is 58.6 Å². The minimum absolute atomic E-state index is 0.0228. The van der Waals surface area contributed by atoms with Gasteiger partial charge >= 0.3 is 0 Å². The van der Waals surface area contributed by atoms with Crippen molar-refractivity contribution in [2.45, 2.75) is 32.4 Å². The SMILES string of the molecule is CC(C)Oc1ccc(/C(O)=C2/C(=O)C(=O)N(CCCN3CCOCC3)C2c2ccc(Br)cc2)cc1. The first-order valence-corrected chi connectivity index (χ1v) is 12.8. The molecule has 2 saturated heterocycles. The maximum Gasteiger partial charge on any atom is 0.295 e. The smallest absolute Gasteiger partial charge is 0.295 e. The van der Waals surface area contributed by atoms with E-state index in [1.165, 1.54) is 0 Å². The molecule has 4 rings (SSSR count). The molecule has 186 valence electrons. The molecular formula is C27H31BrN2O5. The fourth-order valence-corrected chi connectivity index (χ4v) is 4.78. The second-order valence-corrected chi connectivity index (χ2v) is 9.96. The molecule has 1 unspecified atom stereocenters. The van der Waals surface area contributed by atoms with Crippen LogP contribution in [0.25, 0.3) is 5.76 Å². The Morgan fingerprint density at radius 1 is 1.06 bits per heavy atom. The summed E-state index contributed by atoms with van der Waals surface area (Å²) in [6.07, 6.45) is 0.746. The maximum atomic E-state index is 13.2. The lowest BCUT2D eigenvalue weighted by Gasteiger charge is -2.29. The maximum absolute atomic E-state index is 13.2. The summed E-state index contributed by atoms with van der Waals surface area (Å²) in [5.41, 5.74) is 1.36. The predicted molar refractivity (Wildman–Crippen MR) is 137 cm³/mol. The van der Waals surface area contributed by atoms with Gasteiger partial charge in [-0.25, -0.2) is 0 Å². The number of aliphatic hydroxyl groups is 1. The number of hydrogen-bond donors (Lipinski definition) is 1. The van der Waals surface area contributed by atoms with E-state index in [1.807, 2.05) is 38.1 Å². The lowest BCUT2D eigenvalue weighted by atomic mass is 9.95. The number of halogens is 1. The minimum atomic E-state index is -0.663. The number of amides is 1. The van der Waals surface area contributed by atoms with Crippen LogP contribution in [0.1, 0.15) is 37.4 Å². The molecule has 8 heteroatoms. The Labute approximate surface area is 214 Å². The quantitative estimate of drug-likeness (QED) is 0.303. The number of likely N-dealkylation sites (tertiary alicyclic amines) is 1. The molecule has 0 aromatic heterocycles. The van der Waals surface area contributed by atoms with Crippen molar-refractivity contribution in [3.8, 4) is 5.75 Å². The predicted octanol–water partition coefficient (Wildman–Crippen LogP) is 4.38. The van der Waals surface area contributed by atoms with E-state index in [-0.39, 0.29) is 17.4 Å². The highest BCUT2D eigenvalue weighted by Gasteiger charge is 2.45. The lowest BCUT2D eigenvalue weighted by Crippen LogP contribution is -2.38. The van der Waals surface area contributed by atoms with E-state index >= 15 is 0 Å². The van der Waals surface area contributed by atoms with Gasteiger partial charge in [-0.1, -0.05) is 28.1 Å². The third kappa shape index (κ3) is 5.94. The third-order valence-corrected chi connectivity index (χ3v) is 6.73. The second kappa shape index (κ2) is 11.4. The number of ether oxygens (including phenoxy) is 2. The molecule has 0 radical (unpaired) electrons. The third-order valence-electron chi connectivity index (χ3n) is 6.20. The molecular weight excluding hydrogens is 512 g/mol. The molecule has 1 atom stereocenters. The Kier molecular flexibility index (Phi) is 8.26. The van der Waals surface area contributed by atoms with E-state index in [0.29, 0.717) is 31.1 Å². The van der Waals surface area contributed by atoms with Crippen LogP contribution in [-0.2, 0) is 14.3 Å². The fourth-order valence-electron chi connectivity index (χ4n) is 4.51. The Morgan fingerprint density at radius 2 is 1.71 bits per heavy atom. The highest BCUT2D eigenvalue weighted by Crippen LogP contribution is 2.40. The summed E-state index contributed by atoms with van der Waals surface area (Å²) in [5, 5.41) is 11.2. The van der Waals surface area contributed by atoms with Crippen LogP contribution in [0.5, 0.6) is 5.75 Å². The monoisotopic (exact) mass is 542 g/mol. The number of aliphatic hydroxyl groups excluding tert-OH is 1. The van der Waals surface area contributed by atoms with Crippen LogP contribution >= 0.6 is 15.9 Å². The number of Topliss-reactive ketones (excluding diaryl/α,β-unsaturated/α-hetero) is 1. The zero-order valence-corrected chi connectivity index (χ0v) is 21.7. The van der Waals surface area contributed by atoms with Crippen molar-refractivity contribution in [2.75, 3.05) is 39.4 Å². The number of carbonyl (C=O) groups is 2. The van der Waals surface area contributed by atoms with Crippen molar-refractivity contribution in [1.82, 2.24) is 9.80 Å². The summed E-state index contributed by atoms with van der Waals surface area (Å²) in [6.45, 7) is 8.27. The molecule has 2 aromatic rings. The molecule has 0 saturated carbocycles. The second-order valence-electron chi connectivity index (χ2n) is 9.04. The number of benzene rings is 2. The van der Waals surface area contributed by atoms with Crippen LogP contribution in [-0.4, -0.2) is 72.1 Å². The molecule has 0 bridgehead atoms. The summed E-state index contributed by atoms with van der Waals surface area (Å²) in [4.78, 5) is 30.2. The number of ketones is 1. The molecule has 7 nitrogen and oxygen atoms in total. The molecule has 2 aliphatic rings. The summed E-state index contributed by atoms with van der Waals surface area (Å²) >= 11 is 3.45. The van der Waals surface area contributed by atoms with Crippen molar-refractivity contribution in [2.24, 2.45) is 0 Å². The van der Waals surface area contributed by atoms with Gasteiger partial charge in [0, 0.05) is 36.2 Å². The topological polar surface area (TPSA) is 79.3 Å². The van der Waals surface area contributed by atoms with E-state index in [4.69, 9.17) is 9.47 Å². The summed E-state index contributed by atoms with van der Waals surface area (Å²) in [7, 11) is 0. The van der Waals surface area contributed by atoms with Crippen LogP contribution in [0, 0.1) is 0 Å². The number of rotatable bonds is 8. The molecule has 0 spiro atoms. The average molecular weight is 543 g/mol. The van der Waals surface area contributed by atoms with Gasteiger partial charge in [-0.3, -0.25) is 14.5 Å². The molecule has 0 aliphatic carbocycles. The van der Waals surface area contributed by atoms with Crippen molar-refractivity contribution in [3.05, 3.63) is 69.7 Å². The van der Waals surface area contributed by atoms with E-state index in [9.17, 15) is 14.7 Å². The van der Waals surface area contributed by atoms with Gasteiger partial charge in [0.1, 0.15) is 11.5 Å². The lowest BCUT2D eigenvalue weighted by molar-refractivity contribution is -0.140. The van der Waals surface area contributed by atoms with Crippen molar-refractivity contribution < 1.29 is 24.2 Å². The van der Waals surface area contributed by atoms with Gasteiger partial charge in [-0.05, 0) is 62.2 Å². The van der Waals surface area contributed by atoms with E-state index in [1.54, 1.807) is 29.2 Å². The molecule has 2 fully saturated rings. The molecule has 2 heterocycles. The highest BCUT2D eigenvalue weighted by atomic mass is 79.9. The summed E-state index contributed by atoms with van der Waals surface area (Å²) < 4.78 is 12.0. The van der Waals surface area contributed by atoms with Crippen LogP contribution in [0.3, 0.4) is 0 Å². The summed E-state index contributed by atoms with van der Waals surface area (Å²) in [6, 6.07) is 13.8. The van der Waals surface area contributed by atoms with E-state index in [0.717, 1.165) is 36.1 Å². The van der Waals surface area contributed by atoms with E-state index < -0.39 is 17.7 Å². The summed E-state index contributed by atoms with van der Waals surface area (Å²) in [5.74, 6) is -0.752. The largest absolute Gasteiger partial charge is 0.507 e. The first kappa shape index (κ1) is 25.4. The highest BCUT2D eigenvalue weighted by molar-refractivity contribution is 9.10. The number of carbonyl (C=O) groups excluding carboxylic acids is 2. The molecule has 2 aliphatic heterocycles. The first-order chi connectivity index (χ1) is 16.8. The van der Waals surface area contributed by atoms with Crippen molar-refractivity contribution in [1.29, 1.82) is 0 Å². The van der Waals surface area contributed by atoms with Gasteiger partial charge in [0.25, 0.3) is 11.7 Å². The number of morpholine rings is 1. The van der Waals surface area contributed by atoms with Crippen LogP contribution in [0.2, 0.25) is 0 Å². The van der Waals surface area contributed by atoms with Gasteiger partial charge < -0.3 is 19.5 Å². The molecule has 1 amide bonds. The normalized spacial score (nSPS) is 20.6. The van der Waals surface area contributed by atoms with Gasteiger partial charge in [-0.2, -0.15) is 0 Å². The number of nitrogens with zero attached hydrogens (tertiary/aromatic N) is 2. The Balaban J connectivity index is 1.64. The number of hydrogen-bond acceptors (Lipinski definition) is 6. The van der Waals surface area contributed by atoms with Gasteiger partial charge in [0.15, 0.2) is 0 Å². The average Bonchev–Trinajstić information content (AvgIpc) is 3.10. The minimum Gasteiger partial charge on any atom is -0.507 e. The standard InChI is InChI=1S/C27H31BrN2O5/c1-18(2)35-22-10-6-20(7-11-22)25(31)23-24(19-4-8-21(28)9-5-19)30(27(33)26(23)32)13-3-12-29-14-16-34-17-15-29/h4-11,18,24,31H,3,12-17H2,1-2H3/b25-23-.